The summed E-state index contributed by atoms with van der Waals surface area (Å²) in [6.45, 7) is 7.85. The molecule has 0 spiro atoms. The fraction of sp³-hybridized carbons (Fsp3) is 0.438. The summed E-state index contributed by atoms with van der Waals surface area (Å²) < 4.78 is 5.51. The summed E-state index contributed by atoms with van der Waals surface area (Å²) in [6, 6.07) is 4.62. The van der Waals surface area contributed by atoms with Crippen LogP contribution in [-0.4, -0.2) is 47.6 Å². The normalized spacial score (nSPS) is 17.4. The van der Waals surface area contributed by atoms with Crippen molar-refractivity contribution in [2.75, 3.05) is 32.7 Å². The van der Waals surface area contributed by atoms with Crippen molar-refractivity contribution in [3.8, 4) is 5.75 Å². The molecule has 2 heterocycles. The number of phenolic OH excluding ortho intramolecular Hbond substituents is 1. The maximum Gasteiger partial charge on any atom is 0.197 e. The molecule has 1 aliphatic heterocycles. The second-order valence-corrected chi connectivity index (χ2v) is 5.48. The van der Waals surface area contributed by atoms with Crippen molar-refractivity contribution in [2.24, 2.45) is 0 Å². The third-order valence-corrected chi connectivity index (χ3v) is 4.13. The van der Waals surface area contributed by atoms with Gasteiger partial charge in [0.15, 0.2) is 5.43 Å². The van der Waals surface area contributed by atoms with E-state index >= 15 is 0 Å². The van der Waals surface area contributed by atoms with Crippen LogP contribution in [0, 0.1) is 0 Å². The molecular weight excluding hydrogens is 268 g/mol. The van der Waals surface area contributed by atoms with Crippen molar-refractivity contribution in [3.05, 3.63) is 40.2 Å². The van der Waals surface area contributed by atoms with E-state index in [1.807, 2.05) is 0 Å². The molecular formula is C16H20N2O3. The molecule has 1 fully saturated rings. The van der Waals surface area contributed by atoms with Crippen molar-refractivity contribution < 1.29 is 9.52 Å². The predicted octanol–water partition coefficient (Wildman–Crippen LogP) is 1.64. The van der Waals surface area contributed by atoms with Crippen LogP contribution in [0.25, 0.3) is 11.0 Å². The zero-order valence-electron chi connectivity index (χ0n) is 12.2. The third kappa shape index (κ3) is 2.94. The van der Waals surface area contributed by atoms with Crippen LogP contribution in [-0.2, 0) is 6.54 Å². The van der Waals surface area contributed by atoms with E-state index in [9.17, 15) is 9.90 Å². The van der Waals surface area contributed by atoms with Crippen LogP contribution in [0.15, 0.2) is 33.7 Å². The fourth-order valence-electron chi connectivity index (χ4n) is 2.77. The molecule has 1 N–H and O–H groups in total. The summed E-state index contributed by atoms with van der Waals surface area (Å²) in [5.74, 6) is 0.0866. The lowest BCUT2D eigenvalue weighted by Gasteiger charge is -2.33. The summed E-state index contributed by atoms with van der Waals surface area (Å²) in [6.07, 6.45) is 1.55. The minimum absolute atomic E-state index is 0.0509. The SMILES string of the molecule is CCN1CCN(Cc2coc3ccc(O)cc3c2=O)CC1. The number of piperazine rings is 1. The molecule has 1 saturated heterocycles. The highest BCUT2D eigenvalue weighted by Gasteiger charge is 2.17. The van der Waals surface area contributed by atoms with Crippen LogP contribution in [0.1, 0.15) is 12.5 Å². The van der Waals surface area contributed by atoms with E-state index in [-0.39, 0.29) is 11.2 Å². The Labute approximate surface area is 123 Å². The van der Waals surface area contributed by atoms with Gasteiger partial charge in [0.25, 0.3) is 0 Å². The average molecular weight is 288 g/mol. The van der Waals surface area contributed by atoms with Crippen LogP contribution in [0.4, 0.5) is 0 Å². The molecule has 0 radical (unpaired) electrons. The molecule has 0 bridgehead atoms. The highest BCUT2D eigenvalue weighted by molar-refractivity contribution is 5.78. The molecule has 0 unspecified atom stereocenters. The number of aromatic hydroxyl groups is 1. The number of hydrogen-bond donors (Lipinski definition) is 1. The Morgan fingerprint density at radius 3 is 2.62 bits per heavy atom. The van der Waals surface area contributed by atoms with E-state index in [1.165, 1.54) is 12.1 Å². The summed E-state index contributed by atoms with van der Waals surface area (Å²) >= 11 is 0. The van der Waals surface area contributed by atoms with Gasteiger partial charge in [-0.25, -0.2) is 0 Å². The maximum absolute atomic E-state index is 12.5. The number of rotatable bonds is 3. The van der Waals surface area contributed by atoms with Crippen molar-refractivity contribution in [1.82, 2.24) is 9.80 Å². The summed E-state index contributed by atoms with van der Waals surface area (Å²) in [5.41, 5.74) is 1.11. The molecule has 0 aliphatic carbocycles. The molecule has 1 aliphatic rings. The predicted molar refractivity (Wildman–Crippen MR) is 81.5 cm³/mol. The van der Waals surface area contributed by atoms with E-state index in [2.05, 4.69) is 16.7 Å². The van der Waals surface area contributed by atoms with Gasteiger partial charge in [-0.2, -0.15) is 0 Å². The van der Waals surface area contributed by atoms with Gasteiger partial charge in [-0.05, 0) is 24.7 Å². The molecule has 3 rings (SSSR count). The molecule has 1 aromatic carbocycles. The van der Waals surface area contributed by atoms with Crippen molar-refractivity contribution in [1.29, 1.82) is 0 Å². The minimum atomic E-state index is -0.0509. The van der Waals surface area contributed by atoms with Crippen LogP contribution < -0.4 is 5.43 Å². The van der Waals surface area contributed by atoms with Gasteiger partial charge in [-0.3, -0.25) is 9.69 Å². The van der Waals surface area contributed by atoms with Gasteiger partial charge in [-0.1, -0.05) is 6.92 Å². The van der Waals surface area contributed by atoms with E-state index in [4.69, 9.17) is 4.42 Å². The number of benzene rings is 1. The van der Waals surface area contributed by atoms with E-state index in [0.717, 1.165) is 32.7 Å². The molecule has 0 saturated carbocycles. The van der Waals surface area contributed by atoms with E-state index < -0.39 is 0 Å². The van der Waals surface area contributed by atoms with Crippen molar-refractivity contribution in [2.45, 2.75) is 13.5 Å². The van der Waals surface area contributed by atoms with Gasteiger partial charge >= 0.3 is 0 Å². The quantitative estimate of drug-likeness (QED) is 0.930. The summed E-state index contributed by atoms with van der Waals surface area (Å²) in [5, 5.41) is 9.97. The van der Waals surface area contributed by atoms with E-state index in [0.29, 0.717) is 23.1 Å². The van der Waals surface area contributed by atoms with Gasteiger partial charge in [0.2, 0.25) is 0 Å². The second kappa shape index (κ2) is 5.87. The second-order valence-electron chi connectivity index (χ2n) is 5.48. The molecule has 2 aromatic rings. The van der Waals surface area contributed by atoms with Crippen LogP contribution >= 0.6 is 0 Å². The zero-order chi connectivity index (χ0) is 14.8. The van der Waals surface area contributed by atoms with E-state index in [1.54, 1.807) is 12.3 Å². The first-order valence-corrected chi connectivity index (χ1v) is 7.35. The highest BCUT2D eigenvalue weighted by atomic mass is 16.3. The fourth-order valence-corrected chi connectivity index (χ4v) is 2.77. The van der Waals surface area contributed by atoms with Gasteiger partial charge in [0.05, 0.1) is 11.6 Å². The Kier molecular flexibility index (Phi) is 3.94. The maximum atomic E-state index is 12.5. The lowest BCUT2D eigenvalue weighted by atomic mass is 10.1. The Bertz CT molecular complexity index is 687. The molecule has 112 valence electrons. The van der Waals surface area contributed by atoms with Gasteiger partial charge in [0.1, 0.15) is 11.3 Å². The molecule has 5 nitrogen and oxygen atoms in total. The summed E-state index contributed by atoms with van der Waals surface area (Å²) in [4.78, 5) is 17.1. The molecule has 5 heteroatoms. The Morgan fingerprint density at radius 1 is 1.19 bits per heavy atom. The minimum Gasteiger partial charge on any atom is -0.508 e. The third-order valence-electron chi connectivity index (χ3n) is 4.13. The Hall–Kier alpha value is -1.85. The van der Waals surface area contributed by atoms with Crippen molar-refractivity contribution in [3.63, 3.8) is 0 Å². The number of phenols is 1. The molecule has 1 aromatic heterocycles. The van der Waals surface area contributed by atoms with Crippen LogP contribution in [0.2, 0.25) is 0 Å². The number of nitrogens with zero attached hydrogens (tertiary/aromatic N) is 2. The molecule has 21 heavy (non-hydrogen) atoms. The first-order valence-electron chi connectivity index (χ1n) is 7.35. The van der Waals surface area contributed by atoms with Gasteiger partial charge in [-0.15, -0.1) is 0 Å². The standard InChI is InChI=1S/C16H20N2O3/c1-2-17-5-7-18(8-6-17)10-12-11-21-15-4-3-13(19)9-14(15)16(12)20/h3-4,9,11,19H,2,5-8,10H2,1H3. The van der Waals surface area contributed by atoms with Crippen LogP contribution in [0.3, 0.4) is 0 Å². The van der Waals surface area contributed by atoms with Crippen molar-refractivity contribution >= 4 is 11.0 Å². The number of fused-ring (bicyclic) bond motifs is 1. The lowest BCUT2D eigenvalue weighted by molar-refractivity contribution is 0.131. The van der Waals surface area contributed by atoms with Crippen LogP contribution in [0.5, 0.6) is 5.75 Å². The monoisotopic (exact) mass is 288 g/mol. The van der Waals surface area contributed by atoms with Gasteiger partial charge < -0.3 is 14.4 Å². The first-order chi connectivity index (χ1) is 10.2. The number of hydrogen-bond acceptors (Lipinski definition) is 5. The molecule has 0 atom stereocenters. The Balaban J connectivity index is 1.82. The largest absolute Gasteiger partial charge is 0.508 e. The number of likely N-dealkylation sites (N-methyl/N-ethyl adjacent to an activating group) is 1. The lowest BCUT2D eigenvalue weighted by Crippen LogP contribution is -2.46. The average Bonchev–Trinajstić information content (AvgIpc) is 2.51. The topological polar surface area (TPSA) is 56.9 Å². The smallest absolute Gasteiger partial charge is 0.197 e. The zero-order valence-corrected chi connectivity index (χ0v) is 12.2. The summed E-state index contributed by atoms with van der Waals surface area (Å²) in [7, 11) is 0. The Morgan fingerprint density at radius 2 is 1.90 bits per heavy atom. The van der Waals surface area contributed by atoms with Gasteiger partial charge in [0, 0.05) is 38.3 Å². The highest BCUT2D eigenvalue weighted by Crippen LogP contribution is 2.18. The molecule has 0 amide bonds. The first kappa shape index (κ1) is 14.1.